The van der Waals surface area contributed by atoms with E-state index in [2.05, 4.69) is 48.2 Å². The van der Waals surface area contributed by atoms with Gasteiger partial charge in [-0.15, -0.1) is 0 Å². The molecule has 1 heterocycles. The third kappa shape index (κ3) is 1.74. The fraction of sp³-hybridized carbons (Fsp3) is 0.188. The van der Waals surface area contributed by atoms with Crippen LogP contribution in [0.4, 0.5) is 5.69 Å². The Morgan fingerprint density at radius 2 is 1.72 bits per heavy atom. The maximum Gasteiger partial charge on any atom is 0.0991 e. The Morgan fingerprint density at radius 3 is 2.28 bits per heavy atom. The van der Waals surface area contributed by atoms with Crippen molar-refractivity contribution in [2.75, 3.05) is 4.90 Å². The van der Waals surface area contributed by atoms with E-state index < -0.39 is 0 Å². The first kappa shape index (κ1) is 10.9. The molecule has 0 bridgehead atoms. The second-order valence-electron chi connectivity index (χ2n) is 4.74. The van der Waals surface area contributed by atoms with E-state index in [1.54, 1.807) is 0 Å². The molecule has 1 aliphatic rings. The zero-order valence-electron chi connectivity index (χ0n) is 10.4. The first-order valence-electron chi connectivity index (χ1n) is 6.10. The summed E-state index contributed by atoms with van der Waals surface area (Å²) in [5, 5.41) is 8.90. The second kappa shape index (κ2) is 4.19. The molecule has 1 aliphatic heterocycles. The number of nitrogens with zero attached hydrogens (tertiary/aromatic N) is 2. The lowest BCUT2D eigenvalue weighted by molar-refractivity contribution is 0.875. The molecular formula is C16H14N2. The van der Waals surface area contributed by atoms with E-state index in [0.717, 1.165) is 18.7 Å². The summed E-state index contributed by atoms with van der Waals surface area (Å²) in [5.41, 5.74) is 5.93. The lowest BCUT2D eigenvalue weighted by Crippen LogP contribution is -2.15. The summed E-state index contributed by atoms with van der Waals surface area (Å²) >= 11 is 0. The lowest BCUT2D eigenvalue weighted by atomic mass is 10.1. The molecule has 2 aromatic rings. The number of fused-ring (bicyclic) bond motifs is 1. The van der Waals surface area contributed by atoms with Crippen LogP contribution in [0.5, 0.6) is 0 Å². The highest BCUT2D eigenvalue weighted by atomic mass is 15.1. The molecule has 0 unspecified atom stereocenters. The second-order valence-corrected chi connectivity index (χ2v) is 4.74. The van der Waals surface area contributed by atoms with E-state index >= 15 is 0 Å². The van der Waals surface area contributed by atoms with E-state index in [0.29, 0.717) is 0 Å². The molecular weight excluding hydrogens is 220 g/mol. The average Bonchev–Trinajstić information content (AvgIpc) is 2.81. The van der Waals surface area contributed by atoms with Gasteiger partial charge in [0.25, 0.3) is 0 Å². The Balaban J connectivity index is 1.93. The molecule has 88 valence electrons. The fourth-order valence-electron chi connectivity index (χ4n) is 2.58. The quantitative estimate of drug-likeness (QED) is 0.756. The summed E-state index contributed by atoms with van der Waals surface area (Å²) in [6, 6.07) is 16.7. The summed E-state index contributed by atoms with van der Waals surface area (Å²) < 4.78 is 0. The van der Waals surface area contributed by atoms with Crippen molar-refractivity contribution in [3.63, 3.8) is 0 Å². The van der Waals surface area contributed by atoms with Crippen LogP contribution in [0, 0.1) is 18.3 Å². The van der Waals surface area contributed by atoms with Gasteiger partial charge in [-0.05, 0) is 41.8 Å². The van der Waals surface area contributed by atoms with E-state index in [4.69, 9.17) is 5.26 Å². The number of hydrogen-bond donors (Lipinski definition) is 0. The maximum atomic E-state index is 8.90. The predicted molar refractivity (Wildman–Crippen MR) is 72.2 cm³/mol. The number of hydrogen-bond acceptors (Lipinski definition) is 2. The van der Waals surface area contributed by atoms with Gasteiger partial charge in [-0.25, -0.2) is 0 Å². The maximum absolute atomic E-state index is 8.90. The van der Waals surface area contributed by atoms with Gasteiger partial charge < -0.3 is 4.90 Å². The first-order chi connectivity index (χ1) is 8.78. The molecule has 0 N–H and O–H groups in total. The average molecular weight is 234 g/mol. The molecule has 0 spiro atoms. The van der Waals surface area contributed by atoms with E-state index in [-0.39, 0.29) is 0 Å². The number of nitriles is 1. The number of rotatable bonds is 1. The van der Waals surface area contributed by atoms with Crippen molar-refractivity contribution >= 4 is 5.69 Å². The molecule has 0 radical (unpaired) electrons. The molecule has 0 aromatic heterocycles. The van der Waals surface area contributed by atoms with Gasteiger partial charge in [0.2, 0.25) is 0 Å². The smallest absolute Gasteiger partial charge is 0.0991 e. The SMILES string of the molecule is Cc1cc(C#N)ccc1N1Cc2ccccc2C1. The minimum Gasteiger partial charge on any atom is -0.363 e. The van der Waals surface area contributed by atoms with E-state index in [1.807, 2.05) is 12.1 Å². The van der Waals surface area contributed by atoms with E-state index in [1.165, 1.54) is 22.4 Å². The van der Waals surface area contributed by atoms with E-state index in [9.17, 15) is 0 Å². The van der Waals surface area contributed by atoms with Crippen LogP contribution in [0.1, 0.15) is 22.3 Å². The molecule has 0 saturated carbocycles. The highest BCUT2D eigenvalue weighted by Gasteiger charge is 2.19. The van der Waals surface area contributed by atoms with Crippen molar-refractivity contribution in [3.8, 4) is 6.07 Å². The fourth-order valence-corrected chi connectivity index (χ4v) is 2.58. The highest BCUT2D eigenvalue weighted by molar-refractivity contribution is 5.58. The molecule has 2 nitrogen and oxygen atoms in total. The lowest BCUT2D eigenvalue weighted by Gasteiger charge is -2.20. The Labute approximate surface area is 107 Å². The number of benzene rings is 2. The monoisotopic (exact) mass is 234 g/mol. The van der Waals surface area contributed by atoms with Crippen molar-refractivity contribution in [2.24, 2.45) is 0 Å². The van der Waals surface area contributed by atoms with Crippen molar-refractivity contribution in [1.82, 2.24) is 0 Å². The van der Waals surface area contributed by atoms with Gasteiger partial charge in [0.15, 0.2) is 0 Å². The minimum atomic E-state index is 0.730. The van der Waals surface area contributed by atoms with Crippen molar-refractivity contribution in [1.29, 1.82) is 5.26 Å². The Morgan fingerprint density at radius 1 is 1.06 bits per heavy atom. The summed E-state index contributed by atoms with van der Waals surface area (Å²) in [5.74, 6) is 0. The van der Waals surface area contributed by atoms with Crippen molar-refractivity contribution in [2.45, 2.75) is 20.0 Å². The largest absolute Gasteiger partial charge is 0.363 e. The van der Waals surface area contributed by atoms with Gasteiger partial charge in [-0.1, -0.05) is 24.3 Å². The van der Waals surface area contributed by atoms with Crippen LogP contribution in [0.3, 0.4) is 0 Å². The third-order valence-corrected chi connectivity index (χ3v) is 3.51. The van der Waals surface area contributed by atoms with Crippen LogP contribution < -0.4 is 4.90 Å². The van der Waals surface area contributed by atoms with Crippen LogP contribution >= 0.6 is 0 Å². The number of anilines is 1. The standard InChI is InChI=1S/C16H14N2/c1-12-8-13(9-17)6-7-16(12)18-10-14-4-2-3-5-15(14)11-18/h2-8H,10-11H2,1H3. The zero-order valence-corrected chi connectivity index (χ0v) is 10.4. The topological polar surface area (TPSA) is 27.0 Å². The zero-order chi connectivity index (χ0) is 12.5. The van der Waals surface area contributed by atoms with Gasteiger partial charge in [0.1, 0.15) is 0 Å². The third-order valence-electron chi connectivity index (χ3n) is 3.51. The Hall–Kier alpha value is -2.27. The van der Waals surface area contributed by atoms with Crippen molar-refractivity contribution < 1.29 is 0 Å². The van der Waals surface area contributed by atoms with Crippen LogP contribution in [0.25, 0.3) is 0 Å². The summed E-state index contributed by atoms with van der Waals surface area (Å²) in [7, 11) is 0. The van der Waals surface area contributed by atoms with Crippen LogP contribution in [-0.4, -0.2) is 0 Å². The highest BCUT2D eigenvalue weighted by Crippen LogP contribution is 2.30. The first-order valence-corrected chi connectivity index (χ1v) is 6.10. The van der Waals surface area contributed by atoms with Gasteiger partial charge in [-0.3, -0.25) is 0 Å². The normalized spacial score (nSPS) is 13.2. The number of aryl methyl sites for hydroxylation is 1. The van der Waals surface area contributed by atoms with Crippen LogP contribution in [-0.2, 0) is 13.1 Å². The van der Waals surface area contributed by atoms with Crippen molar-refractivity contribution in [3.05, 3.63) is 64.7 Å². The molecule has 2 heteroatoms. The molecule has 0 amide bonds. The molecule has 0 atom stereocenters. The van der Waals surface area contributed by atoms with Gasteiger partial charge in [-0.2, -0.15) is 5.26 Å². The molecule has 0 saturated heterocycles. The summed E-state index contributed by atoms with van der Waals surface area (Å²) in [6.45, 7) is 3.99. The Bertz CT molecular complexity index is 613. The molecule has 3 rings (SSSR count). The Kier molecular flexibility index (Phi) is 2.53. The van der Waals surface area contributed by atoms with Crippen LogP contribution in [0.15, 0.2) is 42.5 Å². The van der Waals surface area contributed by atoms with Crippen LogP contribution in [0.2, 0.25) is 0 Å². The molecule has 0 fully saturated rings. The summed E-state index contributed by atoms with van der Waals surface area (Å²) in [4.78, 5) is 2.36. The van der Waals surface area contributed by atoms with Gasteiger partial charge in [0, 0.05) is 18.8 Å². The molecule has 2 aromatic carbocycles. The molecule has 0 aliphatic carbocycles. The van der Waals surface area contributed by atoms with Gasteiger partial charge in [0.05, 0.1) is 11.6 Å². The predicted octanol–water partition coefficient (Wildman–Crippen LogP) is 3.39. The van der Waals surface area contributed by atoms with Gasteiger partial charge >= 0.3 is 0 Å². The molecule has 18 heavy (non-hydrogen) atoms. The summed E-state index contributed by atoms with van der Waals surface area (Å²) in [6.07, 6.45) is 0. The minimum absolute atomic E-state index is 0.730.